The van der Waals surface area contributed by atoms with Gasteiger partial charge in [0.05, 0.1) is 6.61 Å². The maximum atomic E-state index is 11.5. The van der Waals surface area contributed by atoms with Crippen molar-refractivity contribution in [2.45, 2.75) is 20.0 Å². The van der Waals surface area contributed by atoms with Gasteiger partial charge in [-0.1, -0.05) is 25.1 Å². The van der Waals surface area contributed by atoms with Gasteiger partial charge in [0.25, 0.3) is 0 Å². The molecule has 0 atom stereocenters. The SMILES string of the molecule is CCc1cccc2c1C(=O)COC2. The standard InChI is InChI=1S/C11H12O2/c1-2-8-4-3-5-9-6-13-7-10(12)11(8)9/h3-5H,2,6-7H2,1H3. The first-order valence-electron chi connectivity index (χ1n) is 4.54. The van der Waals surface area contributed by atoms with E-state index < -0.39 is 0 Å². The maximum absolute atomic E-state index is 11.5. The Morgan fingerprint density at radius 1 is 1.38 bits per heavy atom. The molecule has 2 nitrogen and oxygen atoms in total. The zero-order valence-electron chi connectivity index (χ0n) is 7.67. The minimum absolute atomic E-state index is 0.124. The monoisotopic (exact) mass is 176 g/mol. The zero-order valence-corrected chi connectivity index (χ0v) is 7.67. The number of aryl methyl sites for hydroxylation is 1. The second-order valence-electron chi connectivity index (χ2n) is 3.22. The molecule has 2 heteroatoms. The summed E-state index contributed by atoms with van der Waals surface area (Å²) in [6, 6.07) is 5.97. The van der Waals surface area contributed by atoms with Crippen LogP contribution in [0.3, 0.4) is 0 Å². The molecule has 2 rings (SSSR count). The van der Waals surface area contributed by atoms with E-state index in [2.05, 4.69) is 6.92 Å². The van der Waals surface area contributed by atoms with E-state index in [1.54, 1.807) is 0 Å². The molecule has 0 saturated heterocycles. The van der Waals surface area contributed by atoms with Gasteiger partial charge in [0.1, 0.15) is 6.61 Å². The highest BCUT2D eigenvalue weighted by Crippen LogP contribution is 2.20. The Balaban J connectivity index is 2.56. The van der Waals surface area contributed by atoms with Crippen LogP contribution in [0.5, 0.6) is 0 Å². The summed E-state index contributed by atoms with van der Waals surface area (Å²) in [5.41, 5.74) is 3.08. The van der Waals surface area contributed by atoms with Crippen LogP contribution in [0.15, 0.2) is 18.2 Å². The van der Waals surface area contributed by atoms with Gasteiger partial charge < -0.3 is 4.74 Å². The lowest BCUT2D eigenvalue weighted by atomic mass is 9.95. The van der Waals surface area contributed by atoms with Gasteiger partial charge in [-0.2, -0.15) is 0 Å². The summed E-state index contributed by atoms with van der Waals surface area (Å²) in [7, 11) is 0. The fourth-order valence-corrected chi connectivity index (χ4v) is 1.75. The van der Waals surface area contributed by atoms with E-state index in [4.69, 9.17) is 4.74 Å². The highest BCUT2D eigenvalue weighted by Gasteiger charge is 2.19. The third-order valence-electron chi connectivity index (χ3n) is 2.39. The van der Waals surface area contributed by atoms with Crippen molar-refractivity contribution in [3.8, 4) is 0 Å². The number of ether oxygens (including phenoxy) is 1. The van der Waals surface area contributed by atoms with Crippen molar-refractivity contribution in [3.63, 3.8) is 0 Å². The van der Waals surface area contributed by atoms with Crippen LogP contribution >= 0.6 is 0 Å². The molecule has 0 aliphatic carbocycles. The van der Waals surface area contributed by atoms with Gasteiger partial charge in [0.2, 0.25) is 0 Å². The van der Waals surface area contributed by atoms with Crippen molar-refractivity contribution in [2.75, 3.05) is 6.61 Å². The molecule has 0 spiro atoms. The van der Waals surface area contributed by atoms with Crippen LogP contribution in [0, 0.1) is 0 Å². The molecule has 1 aliphatic heterocycles. The summed E-state index contributed by atoms with van der Waals surface area (Å²) in [6.45, 7) is 2.89. The minimum atomic E-state index is 0.124. The number of carbonyl (C=O) groups is 1. The first-order valence-corrected chi connectivity index (χ1v) is 4.54. The lowest BCUT2D eigenvalue weighted by molar-refractivity contribution is 0.0664. The summed E-state index contributed by atoms with van der Waals surface area (Å²) in [4.78, 5) is 11.5. The number of rotatable bonds is 1. The first kappa shape index (κ1) is 8.45. The van der Waals surface area contributed by atoms with E-state index in [1.807, 2.05) is 18.2 Å². The predicted molar refractivity (Wildman–Crippen MR) is 49.8 cm³/mol. The molecule has 0 unspecified atom stereocenters. The van der Waals surface area contributed by atoms with Crippen LogP contribution in [0.1, 0.15) is 28.4 Å². The maximum Gasteiger partial charge on any atom is 0.189 e. The smallest absolute Gasteiger partial charge is 0.189 e. The zero-order chi connectivity index (χ0) is 9.26. The van der Waals surface area contributed by atoms with Crippen molar-refractivity contribution < 1.29 is 9.53 Å². The van der Waals surface area contributed by atoms with Crippen LogP contribution in [0.4, 0.5) is 0 Å². The second-order valence-corrected chi connectivity index (χ2v) is 3.22. The van der Waals surface area contributed by atoms with Crippen LogP contribution in [-0.4, -0.2) is 12.4 Å². The molecular weight excluding hydrogens is 164 g/mol. The summed E-state index contributed by atoms with van der Waals surface area (Å²) >= 11 is 0. The summed E-state index contributed by atoms with van der Waals surface area (Å²) < 4.78 is 5.16. The number of hydrogen-bond acceptors (Lipinski definition) is 2. The highest BCUT2D eigenvalue weighted by atomic mass is 16.5. The average Bonchev–Trinajstić information content (AvgIpc) is 2.17. The van der Waals surface area contributed by atoms with E-state index in [-0.39, 0.29) is 12.4 Å². The Morgan fingerprint density at radius 2 is 2.23 bits per heavy atom. The van der Waals surface area contributed by atoms with Gasteiger partial charge in [0.15, 0.2) is 5.78 Å². The molecule has 68 valence electrons. The largest absolute Gasteiger partial charge is 0.369 e. The summed E-state index contributed by atoms with van der Waals surface area (Å²) in [5.74, 6) is 0.124. The quantitative estimate of drug-likeness (QED) is 0.653. The molecule has 0 radical (unpaired) electrons. The van der Waals surface area contributed by atoms with E-state index in [1.165, 1.54) is 0 Å². The lowest BCUT2D eigenvalue weighted by Crippen LogP contribution is -2.19. The van der Waals surface area contributed by atoms with Gasteiger partial charge in [-0.15, -0.1) is 0 Å². The molecule has 1 heterocycles. The van der Waals surface area contributed by atoms with Crippen molar-refractivity contribution in [1.29, 1.82) is 0 Å². The van der Waals surface area contributed by atoms with Gasteiger partial charge >= 0.3 is 0 Å². The molecule has 0 amide bonds. The van der Waals surface area contributed by atoms with E-state index in [0.717, 1.165) is 23.1 Å². The fourth-order valence-electron chi connectivity index (χ4n) is 1.75. The Kier molecular flexibility index (Phi) is 2.15. The topological polar surface area (TPSA) is 26.3 Å². The molecule has 0 N–H and O–H groups in total. The Bertz CT molecular complexity index is 328. The Hall–Kier alpha value is -1.15. The number of ketones is 1. The molecular formula is C11H12O2. The number of fused-ring (bicyclic) bond motifs is 1. The number of Topliss-reactive ketones (excluding diaryl/α,β-unsaturated/α-hetero) is 1. The van der Waals surface area contributed by atoms with Crippen LogP contribution in [-0.2, 0) is 17.8 Å². The van der Waals surface area contributed by atoms with Gasteiger partial charge in [-0.3, -0.25) is 4.79 Å². The molecule has 0 fully saturated rings. The van der Waals surface area contributed by atoms with Crippen molar-refractivity contribution in [3.05, 3.63) is 34.9 Å². The molecule has 1 aromatic carbocycles. The van der Waals surface area contributed by atoms with E-state index in [0.29, 0.717) is 6.61 Å². The Morgan fingerprint density at radius 3 is 3.00 bits per heavy atom. The van der Waals surface area contributed by atoms with Crippen molar-refractivity contribution in [2.24, 2.45) is 0 Å². The lowest BCUT2D eigenvalue weighted by Gasteiger charge is -2.17. The molecule has 0 saturated carbocycles. The minimum Gasteiger partial charge on any atom is -0.369 e. The van der Waals surface area contributed by atoms with Crippen LogP contribution < -0.4 is 0 Å². The fraction of sp³-hybridized carbons (Fsp3) is 0.364. The van der Waals surface area contributed by atoms with Gasteiger partial charge in [-0.25, -0.2) is 0 Å². The first-order chi connectivity index (χ1) is 6.33. The molecule has 13 heavy (non-hydrogen) atoms. The highest BCUT2D eigenvalue weighted by molar-refractivity contribution is 6.00. The summed E-state index contributed by atoms with van der Waals surface area (Å²) in [6.07, 6.45) is 0.912. The predicted octanol–water partition coefficient (Wildman–Crippen LogP) is 1.96. The number of benzene rings is 1. The average molecular weight is 176 g/mol. The van der Waals surface area contributed by atoms with Gasteiger partial charge in [-0.05, 0) is 17.5 Å². The third kappa shape index (κ3) is 1.38. The molecule has 0 bridgehead atoms. The van der Waals surface area contributed by atoms with Crippen molar-refractivity contribution >= 4 is 5.78 Å². The molecule has 1 aromatic rings. The number of carbonyl (C=O) groups excluding carboxylic acids is 1. The Labute approximate surface area is 77.5 Å². The normalized spacial score (nSPS) is 15.6. The molecule has 0 aromatic heterocycles. The van der Waals surface area contributed by atoms with Crippen molar-refractivity contribution in [1.82, 2.24) is 0 Å². The second kappa shape index (κ2) is 3.30. The van der Waals surface area contributed by atoms with Crippen LogP contribution in [0.2, 0.25) is 0 Å². The van der Waals surface area contributed by atoms with E-state index in [9.17, 15) is 4.79 Å². The van der Waals surface area contributed by atoms with Crippen LogP contribution in [0.25, 0.3) is 0 Å². The van der Waals surface area contributed by atoms with E-state index >= 15 is 0 Å². The summed E-state index contributed by atoms with van der Waals surface area (Å²) in [5, 5.41) is 0. The van der Waals surface area contributed by atoms with Gasteiger partial charge in [0, 0.05) is 5.56 Å². The number of hydrogen-bond donors (Lipinski definition) is 0. The third-order valence-corrected chi connectivity index (χ3v) is 2.39. The molecule has 1 aliphatic rings.